The smallest absolute Gasteiger partial charge is 0.173 e. The number of nitrogens with zero attached hydrogens (tertiary/aromatic N) is 1. The molecule has 0 fully saturated rings. The molecule has 12 heavy (non-hydrogen) atoms. The first-order valence-corrected chi connectivity index (χ1v) is 4.86. The van der Waals surface area contributed by atoms with Gasteiger partial charge in [-0.15, -0.1) is 0 Å². The van der Waals surface area contributed by atoms with Crippen LogP contribution in [0.25, 0.3) is 0 Å². The van der Waals surface area contributed by atoms with E-state index in [9.17, 15) is 4.21 Å². The highest BCUT2D eigenvalue weighted by Gasteiger charge is 2.16. The summed E-state index contributed by atoms with van der Waals surface area (Å²) in [5.74, 6) is 0. The molecule has 0 N–H and O–H groups in total. The van der Waals surface area contributed by atoms with Crippen molar-refractivity contribution < 1.29 is 4.21 Å². The Morgan fingerprint density at radius 2 is 2.08 bits per heavy atom. The van der Waals surface area contributed by atoms with Crippen molar-refractivity contribution in [1.82, 2.24) is 0 Å². The SMILES string of the molecule is Cc1cc(C)c2c(c1)C=NS2=O. The minimum absolute atomic E-state index is 0.876. The Labute approximate surface area is 73.9 Å². The van der Waals surface area contributed by atoms with Crippen molar-refractivity contribution in [2.45, 2.75) is 18.7 Å². The number of fused-ring (bicyclic) bond motifs is 1. The van der Waals surface area contributed by atoms with Crippen molar-refractivity contribution in [1.29, 1.82) is 0 Å². The topological polar surface area (TPSA) is 29.4 Å². The van der Waals surface area contributed by atoms with Gasteiger partial charge in [-0.1, -0.05) is 11.6 Å². The number of aryl methyl sites for hydroxylation is 2. The molecule has 0 aromatic heterocycles. The van der Waals surface area contributed by atoms with Crippen molar-refractivity contribution in [3.63, 3.8) is 0 Å². The van der Waals surface area contributed by atoms with Gasteiger partial charge in [0.2, 0.25) is 0 Å². The Bertz CT molecular complexity index is 396. The average Bonchev–Trinajstić information content (AvgIpc) is 2.31. The lowest BCUT2D eigenvalue weighted by Crippen LogP contribution is -1.91. The van der Waals surface area contributed by atoms with Gasteiger partial charge in [-0.2, -0.15) is 4.40 Å². The molecule has 0 saturated carbocycles. The molecule has 1 aromatic rings. The molecule has 1 heterocycles. The standard InChI is InChI=1S/C9H9NOS/c1-6-3-7(2)9-8(4-6)5-10-12(9)11/h3-5H,1-2H3. The Balaban J connectivity index is 2.74. The van der Waals surface area contributed by atoms with E-state index < -0.39 is 11.0 Å². The highest BCUT2D eigenvalue weighted by molar-refractivity contribution is 7.84. The number of hydrogen-bond donors (Lipinski definition) is 0. The Kier molecular flexibility index (Phi) is 1.61. The van der Waals surface area contributed by atoms with Gasteiger partial charge in [0, 0.05) is 11.8 Å². The van der Waals surface area contributed by atoms with Gasteiger partial charge in [0.05, 0.1) is 4.90 Å². The summed E-state index contributed by atoms with van der Waals surface area (Å²) in [5, 5.41) is 0. The van der Waals surface area contributed by atoms with Crippen molar-refractivity contribution in [3.05, 3.63) is 28.8 Å². The minimum atomic E-state index is -1.15. The molecule has 0 bridgehead atoms. The molecule has 1 unspecified atom stereocenters. The van der Waals surface area contributed by atoms with Crippen LogP contribution in [0, 0.1) is 13.8 Å². The summed E-state index contributed by atoms with van der Waals surface area (Å²) in [6.45, 7) is 4.00. The van der Waals surface area contributed by atoms with E-state index in [1.54, 1.807) is 6.21 Å². The van der Waals surface area contributed by atoms with Gasteiger partial charge in [0.25, 0.3) is 0 Å². The summed E-state index contributed by atoms with van der Waals surface area (Å²) in [5.41, 5.74) is 3.27. The van der Waals surface area contributed by atoms with Crippen molar-refractivity contribution in [3.8, 4) is 0 Å². The molecule has 1 aromatic carbocycles. The second-order valence-corrected chi connectivity index (χ2v) is 4.10. The largest absolute Gasteiger partial charge is 0.229 e. The molecule has 1 atom stereocenters. The van der Waals surface area contributed by atoms with Gasteiger partial charge in [-0.3, -0.25) is 0 Å². The van der Waals surface area contributed by atoms with E-state index in [0.29, 0.717) is 0 Å². The van der Waals surface area contributed by atoms with Gasteiger partial charge in [-0.05, 0) is 25.5 Å². The maximum Gasteiger partial charge on any atom is 0.173 e. The van der Waals surface area contributed by atoms with Gasteiger partial charge in [0.15, 0.2) is 11.0 Å². The molecule has 62 valence electrons. The van der Waals surface area contributed by atoms with Crippen molar-refractivity contribution in [2.75, 3.05) is 0 Å². The molecule has 0 radical (unpaired) electrons. The third kappa shape index (κ3) is 1.01. The van der Waals surface area contributed by atoms with Crippen LogP contribution < -0.4 is 0 Å². The van der Waals surface area contributed by atoms with Crippen LogP contribution in [0.2, 0.25) is 0 Å². The maximum absolute atomic E-state index is 11.3. The average molecular weight is 179 g/mol. The zero-order valence-electron chi connectivity index (χ0n) is 7.00. The van der Waals surface area contributed by atoms with Crippen LogP contribution in [0.1, 0.15) is 16.7 Å². The van der Waals surface area contributed by atoms with Crippen LogP contribution in [0.4, 0.5) is 0 Å². The summed E-state index contributed by atoms with van der Waals surface area (Å²) in [4.78, 5) is 0.876. The highest BCUT2D eigenvalue weighted by Crippen LogP contribution is 2.24. The zero-order valence-corrected chi connectivity index (χ0v) is 7.81. The van der Waals surface area contributed by atoms with Gasteiger partial charge in [-0.25, -0.2) is 4.21 Å². The fourth-order valence-corrected chi connectivity index (χ4v) is 2.44. The van der Waals surface area contributed by atoms with Gasteiger partial charge in [0.1, 0.15) is 0 Å². The minimum Gasteiger partial charge on any atom is -0.229 e. The van der Waals surface area contributed by atoms with Crippen molar-refractivity contribution in [2.24, 2.45) is 4.40 Å². The first kappa shape index (κ1) is 7.68. The first-order valence-electron chi connectivity index (χ1n) is 3.75. The van der Waals surface area contributed by atoms with E-state index >= 15 is 0 Å². The number of rotatable bonds is 0. The van der Waals surface area contributed by atoms with Crippen LogP contribution in [0.5, 0.6) is 0 Å². The third-order valence-corrected chi connectivity index (χ3v) is 3.11. The molecule has 0 amide bonds. The van der Waals surface area contributed by atoms with Crippen molar-refractivity contribution >= 4 is 17.2 Å². The zero-order chi connectivity index (χ0) is 8.72. The fourth-order valence-electron chi connectivity index (χ4n) is 1.48. The second-order valence-electron chi connectivity index (χ2n) is 2.98. The molecule has 3 heteroatoms. The monoisotopic (exact) mass is 179 g/mol. The Morgan fingerprint density at radius 1 is 1.33 bits per heavy atom. The number of hydrogen-bond acceptors (Lipinski definition) is 1. The summed E-state index contributed by atoms with van der Waals surface area (Å²) in [6, 6.07) is 4.04. The van der Waals surface area contributed by atoms with Gasteiger partial charge >= 0.3 is 0 Å². The van der Waals surface area contributed by atoms with E-state index in [2.05, 4.69) is 4.40 Å². The van der Waals surface area contributed by atoms with Crippen LogP contribution >= 0.6 is 0 Å². The molecule has 2 nitrogen and oxygen atoms in total. The Hall–Kier alpha value is -0.960. The Morgan fingerprint density at radius 3 is 2.83 bits per heavy atom. The van der Waals surface area contributed by atoms with Crippen LogP contribution in [0.15, 0.2) is 21.4 Å². The van der Waals surface area contributed by atoms with E-state index in [-0.39, 0.29) is 0 Å². The summed E-state index contributed by atoms with van der Waals surface area (Å²) in [7, 11) is -1.15. The first-order chi connectivity index (χ1) is 5.68. The lowest BCUT2D eigenvalue weighted by molar-refractivity contribution is 0.685. The summed E-state index contributed by atoms with van der Waals surface area (Å²) < 4.78 is 15.2. The lowest BCUT2D eigenvalue weighted by atomic mass is 10.1. The molecule has 2 rings (SSSR count). The van der Waals surface area contributed by atoms with E-state index in [1.165, 1.54) is 5.56 Å². The third-order valence-electron chi connectivity index (χ3n) is 1.91. The lowest BCUT2D eigenvalue weighted by Gasteiger charge is -2.02. The quantitative estimate of drug-likeness (QED) is 0.596. The maximum atomic E-state index is 11.3. The summed E-state index contributed by atoms with van der Waals surface area (Å²) in [6.07, 6.45) is 1.69. The highest BCUT2D eigenvalue weighted by atomic mass is 32.2. The van der Waals surface area contributed by atoms with Crippen LogP contribution in [0.3, 0.4) is 0 Å². The molecular formula is C9H9NOS. The van der Waals surface area contributed by atoms with E-state index in [4.69, 9.17) is 0 Å². The fraction of sp³-hybridized carbons (Fsp3) is 0.222. The second kappa shape index (κ2) is 2.52. The summed E-state index contributed by atoms with van der Waals surface area (Å²) >= 11 is 0. The predicted molar refractivity (Wildman–Crippen MR) is 49.9 cm³/mol. The molecule has 0 saturated heterocycles. The van der Waals surface area contributed by atoms with Crippen LogP contribution in [-0.4, -0.2) is 10.4 Å². The van der Waals surface area contributed by atoms with E-state index in [0.717, 1.165) is 16.0 Å². The normalized spacial score (nSPS) is 19.7. The molecular weight excluding hydrogens is 170 g/mol. The predicted octanol–water partition coefficient (Wildman–Crippen LogP) is 1.76. The van der Waals surface area contributed by atoms with Crippen LogP contribution in [-0.2, 0) is 11.0 Å². The molecule has 1 aliphatic heterocycles. The molecule has 1 aliphatic rings. The molecule has 0 aliphatic carbocycles. The molecule has 0 spiro atoms. The van der Waals surface area contributed by atoms with E-state index in [1.807, 2.05) is 26.0 Å². The number of benzene rings is 1. The van der Waals surface area contributed by atoms with Gasteiger partial charge < -0.3 is 0 Å².